The van der Waals surface area contributed by atoms with Gasteiger partial charge < -0.3 is 10.5 Å². The van der Waals surface area contributed by atoms with E-state index in [9.17, 15) is 14.9 Å². The molecule has 18 nitrogen and oxygen atoms in total. The van der Waals surface area contributed by atoms with E-state index in [1.807, 2.05) is 0 Å². The fourth-order valence-electron chi connectivity index (χ4n) is 3.99. The fraction of sp³-hybridized carbons (Fsp3) is 0.333. The van der Waals surface area contributed by atoms with Gasteiger partial charge in [0.15, 0.2) is 5.69 Å². The minimum Gasteiger partial charge on any atom is -0.379 e. The Morgan fingerprint density at radius 2 is 1.92 bits per heavy atom. The lowest BCUT2D eigenvalue weighted by Crippen LogP contribution is -2.37. The standard InChI is InChI=1S/C21H23N13O5/c1-12(17-13(2)32(29-24-17)14-4-3-5-15(10-14)34(36)37)23-26-21(35)18-16(11-31-6-8-38-9-7-31)33(30-25-18)20-19(22)27-39-28-20/h3-5,10H,6-9,11H2,1-2H3,(H2,22,27)(H,26,35)/b23-12-. The van der Waals surface area contributed by atoms with Crippen LogP contribution < -0.4 is 11.2 Å². The van der Waals surface area contributed by atoms with Crippen molar-refractivity contribution in [2.75, 3.05) is 32.0 Å². The summed E-state index contributed by atoms with van der Waals surface area (Å²) in [6, 6.07) is 6.00. The highest BCUT2D eigenvalue weighted by atomic mass is 16.6. The van der Waals surface area contributed by atoms with Crippen LogP contribution in [0.2, 0.25) is 0 Å². The van der Waals surface area contributed by atoms with Crippen molar-refractivity contribution in [3.05, 3.63) is 57.2 Å². The lowest BCUT2D eigenvalue weighted by atomic mass is 10.2. The summed E-state index contributed by atoms with van der Waals surface area (Å²) in [5.41, 5.74) is 10.4. The number of aromatic nitrogens is 8. The van der Waals surface area contributed by atoms with Gasteiger partial charge in [0.1, 0.15) is 5.69 Å². The topological polar surface area (TPSA) is 223 Å². The molecule has 3 aromatic heterocycles. The Balaban J connectivity index is 1.39. The van der Waals surface area contributed by atoms with Gasteiger partial charge >= 0.3 is 0 Å². The smallest absolute Gasteiger partial charge is 0.293 e. The molecule has 1 saturated heterocycles. The number of nitrogens with zero attached hydrogens (tertiary/aromatic N) is 11. The van der Waals surface area contributed by atoms with Crippen LogP contribution in [0.25, 0.3) is 11.5 Å². The van der Waals surface area contributed by atoms with E-state index < -0.39 is 10.8 Å². The Labute approximate surface area is 219 Å². The summed E-state index contributed by atoms with van der Waals surface area (Å²) in [7, 11) is 0. The zero-order valence-electron chi connectivity index (χ0n) is 20.9. The molecule has 18 heteroatoms. The van der Waals surface area contributed by atoms with E-state index in [0.29, 0.717) is 61.3 Å². The van der Waals surface area contributed by atoms with Gasteiger partial charge in [-0.3, -0.25) is 19.8 Å². The maximum Gasteiger partial charge on any atom is 0.293 e. The van der Waals surface area contributed by atoms with Crippen LogP contribution in [0, 0.1) is 17.0 Å². The molecular formula is C21H23N13O5. The predicted octanol–water partition coefficient (Wildman–Crippen LogP) is 0.0160. The number of anilines is 1. The summed E-state index contributed by atoms with van der Waals surface area (Å²) in [6.45, 7) is 6.09. The molecule has 0 spiro atoms. The number of nitro groups is 1. The zero-order valence-corrected chi connectivity index (χ0v) is 20.9. The Morgan fingerprint density at radius 1 is 1.18 bits per heavy atom. The number of morpholine rings is 1. The molecule has 0 aliphatic carbocycles. The third-order valence-electron chi connectivity index (χ3n) is 6.00. The number of carbonyl (C=O) groups is 1. The number of nitro benzene ring substituents is 1. The third kappa shape index (κ3) is 5.18. The van der Waals surface area contributed by atoms with E-state index in [1.165, 1.54) is 21.5 Å². The van der Waals surface area contributed by atoms with Crippen molar-refractivity contribution < 1.29 is 19.1 Å². The molecular weight excluding hydrogens is 514 g/mol. The second kappa shape index (κ2) is 10.7. The SMILES string of the molecule is C/C(=N/NC(=O)c1nnn(-c2nonc2N)c1CN1CCOCC1)c1nnn(-c2cccc([N+](=O)[O-])c2)c1C. The van der Waals surface area contributed by atoms with Crippen molar-refractivity contribution in [1.29, 1.82) is 0 Å². The van der Waals surface area contributed by atoms with Crippen molar-refractivity contribution in [3.63, 3.8) is 0 Å². The highest BCUT2D eigenvalue weighted by molar-refractivity contribution is 6.00. The van der Waals surface area contributed by atoms with Gasteiger partial charge in [-0.15, -0.1) is 10.2 Å². The Kier molecular flexibility index (Phi) is 7.02. The molecule has 4 heterocycles. The first-order valence-electron chi connectivity index (χ1n) is 11.7. The fourth-order valence-corrected chi connectivity index (χ4v) is 3.99. The molecule has 4 aromatic rings. The van der Waals surface area contributed by atoms with E-state index in [2.05, 4.69) is 51.0 Å². The first-order valence-corrected chi connectivity index (χ1v) is 11.7. The van der Waals surface area contributed by atoms with Crippen LogP contribution in [-0.4, -0.2) is 88.0 Å². The van der Waals surface area contributed by atoms with E-state index in [4.69, 9.17) is 10.5 Å². The van der Waals surface area contributed by atoms with Crippen LogP contribution in [0.5, 0.6) is 0 Å². The van der Waals surface area contributed by atoms with Gasteiger partial charge in [0.25, 0.3) is 11.6 Å². The number of nitrogen functional groups attached to an aromatic ring is 1. The molecule has 39 heavy (non-hydrogen) atoms. The normalized spacial score (nSPS) is 14.5. The molecule has 1 aliphatic rings. The molecule has 1 aromatic carbocycles. The molecule has 0 atom stereocenters. The number of nitrogens with two attached hydrogens (primary N) is 1. The minimum absolute atomic E-state index is 0.00809. The molecule has 0 unspecified atom stereocenters. The van der Waals surface area contributed by atoms with Crippen LogP contribution in [-0.2, 0) is 11.3 Å². The molecule has 202 valence electrons. The van der Waals surface area contributed by atoms with Gasteiger partial charge in [0.2, 0.25) is 11.6 Å². The number of hydrazone groups is 1. The van der Waals surface area contributed by atoms with Crippen LogP contribution in [0.3, 0.4) is 0 Å². The molecule has 0 bridgehead atoms. The van der Waals surface area contributed by atoms with Crippen LogP contribution in [0.1, 0.15) is 34.5 Å². The summed E-state index contributed by atoms with van der Waals surface area (Å²) < 4.78 is 12.8. The van der Waals surface area contributed by atoms with Crippen LogP contribution in [0.15, 0.2) is 34.0 Å². The van der Waals surface area contributed by atoms with Gasteiger partial charge in [-0.25, -0.2) is 14.7 Å². The maximum atomic E-state index is 13.2. The number of nitrogens with one attached hydrogen (secondary N) is 1. The number of amides is 1. The molecule has 0 radical (unpaired) electrons. The van der Waals surface area contributed by atoms with E-state index in [0.717, 1.165) is 0 Å². The Bertz CT molecular complexity index is 1550. The summed E-state index contributed by atoms with van der Waals surface area (Å²) in [6.07, 6.45) is 0. The first kappa shape index (κ1) is 25.5. The molecule has 0 saturated carbocycles. The maximum absolute atomic E-state index is 13.2. The molecule has 3 N–H and O–H groups in total. The quantitative estimate of drug-likeness (QED) is 0.172. The second-order valence-electron chi connectivity index (χ2n) is 8.51. The second-order valence-corrected chi connectivity index (χ2v) is 8.51. The Morgan fingerprint density at radius 3 is 2.64 bits per heavy atom. The van der Waals surface area contributed by atoms with Crippen molar-refractivity contribution in [2.45, 2.75) is 20.4 Å². The van der Waals surface area contributed by atoms with Crippen LogP contribution >= 0.6 is 0 Å². The van der Waals surface area contributed by atoms with Gasteiger partial charge in [0, 0.05) is 31.8 Å². The van der Waals surface area contributed by atoms with Gasteiger partial charge in [-0.1, -0.05) is 16.5 Å². The number of hydrogen-bond donors (Lipinski definition) is 2. The van der Waals surface area contributed by atoms with Crippen molar-refractivity contribution in [2.24, 2.45) is 5.10 Å². The molecule has 1 fully saturated rings. The summed E-state index contributed by atoms with van der Waals surface area (Å²) in [4.78, 5) is 25.9. The lowest BCUT2D eigenvalue weighted by Gasteiger charge is -2.26. The monoisotopic (exact) mass is 537 g/mol. The number of non-ortho nitro benzene ring substituents is 1. The molecule has 5 rings (SSSR count). The van der Waals surface area contributed by atoms with Gasteiger partial charge in [-0.2, -0.15) is 9.78 Å². The number of carbonyl (C=O) groups excluding carboxylic acids is 1. The molecule has 1 aliphatic heterocycles. The van der Waals surface area contributed by atoms with Crippen LogP contribution in [0.4, 0.5) is 11.5 Å². The summed E-state index contributed by atoms with van der Waals surface area (Å²) in [5, 5.41) is 38.9. The largest absolute Gasteiger partial charge is 0.379 e. The van der Waals surface area contributed by atoms with E-state index >= 15 is 0 Å². The average molecular weight is 538 g/mol. The van der Waals surface area contributed by atoms with E-state index in [1.54, 1.807) is 26.0 Å². The lowest BCUT2D eigenvalue weighted by molar-refractivity contribution is -0.384. The summed E-state index contributed by atoms with van der Waals surface area (Å²) >= 11 is 0. The average Bonchev–Trinajstić information content (AvgIpc) is 3.66. The van der Waals surface area contributed by atoms with Crippen molar-refractivity contribution in [3.8, 4) is 11.5 Å². The zero-order chi connectivity index (χ0) is 27.5. The summed E-state index contributed by atoms with van der Waals surface area (Å²) in [5.74, 6) is -0.522. The number of hydrogen-bond acceptors (Lipinski definition) is 14. The Hall–Kier alpha value is -5.10. The molecule has 1 amide bonds. The van der Waals surface area contributed by atoms with E-state index in [-0.39, 0.29) is 23.0 Å². The number of benzene rings is 1. The number of ether oxygens (including phenoxy) is 1. The first-order chi connectivity index (χ1) is 18.8. The highest BCUT2D eigenvalue weighted by Crippen LogP contribution is 2.20. The predicted molar refractivity (Wildman–Crippen MR) is 132 cm³/mol. The van der Waals surface area contributed by atoms with Crippen molar-refractivity contribution in [1.82, 2.24) is 50.6 Å². The highest BCUT2D eigenvalue weighted by Gasteiger charge is 2.26. The third-order valence-corrected chi connectivity index (χ3v) is 6.00. The van der Waals surface area contributed by atoms with Gasteiger partial charge in [0.05, 0.1) is 40.9 Å². The van der Waals surface area contributed by atoms with Crippen molar-refractivity contribution >= 4 is 23.1 Å². The minimum atomic E-state index is -0.623. The van der Waals surface area contributed by atoms with Gasteiger partial charge in [-0.05, 0) is 30.2 Å². The number of rotatable bonds is 8.